The van der Waals surface area contributed by atoms with Gasteiger partial charge in [-0.05, 0) is 25.5 Å². The van der Waals surface area contributed by atoms with Gasteiger partial charge in [0.1, 0.15) is 11.8 Å². The summed E-state index contributed by atoms with van der Waals surface area (Å²) in [5.41, 5.74) is 0.940. The molecule has 3 rings (SSSR count). The fourth-order valence-electron chi connectivity index (χ4n) is 2.91. The molecule has 1 aromatic rings. The average Bonchev–Trinajstić information content (AvgIpc) is 2.85. The van der Waals surface area contributed by atoms with E-state index in [1.165, 1.54) is 11.8 Å². The van der Waals surface area contributed by atoms with Crippen molar-refractivity contribution >= 4 is 23.7 Å². The molecule has 2 atom stereocenters. The zero-order chi connectivity index (χ0) is 17.4. The van der Waals surface area contributed by atoms with Crippen molar-refractivity contribution in [1.82, 2.24) is 10.2 Å². The summed E-state index contributed by atoms with van der Waals surface area (Å²) in [6, 6.07) is 4.10. The molecule has 0 aliphatic carbocycles. The normalized spacial score (nSPS) is 21.3. The van der Waals surface area contributed by atoms with Gasteiger partial charge in [-0.25, -0.2) is 4.79 Å². The number of carboxylic acid groups (broad SMARTS) is 1. The lowest BCUT2D eigenvalue weighted by Crippen LogP contribution is -2.52. The highest BCUT2D eigenvalue weighted by Gasteiger charge is 2.40. The van der Waals surface area contributed by atoms with Gasteiger partial charge in [0.15, 0.2) is 6.10 Å². The Balaban J connectivity index is 1.86. The van der Waals surface area contributed by atoms with Crippen molar-refractivity contribution in [3.63, 3.8) is 0 Å². The Kier molecular flexibility index (Phi) is 3.96. The number of piperidine rings is 1. The van der Waals surface area contributed by atoms with Crippen LogP contribution in [0.25, 0.3) is 0 Å². The van der Waals surface area contributed by atoms with Crippen molar-refractivity contribution in [3.05, 3.63) is 29.3 Å². The van der Waals surface area contributed by atoms with Crippen molar-refractivity contribution in [2.24, 2.45) is 0 Å². The van der Waals surface area contributed by atoms with E-state index < -0.39 is 24.0 Å². The van der Waals surface area contributed by atoms with E-state index in [0.29, 0.717) is 16.9 Å². The number of carbonyl (C=O) groups is 4. The molecule has 126 valence electrons. The van der Waals surface area contributed by atoms with Crippen LogP contribution in [0.3, 0.4) is 0 Å². The maximum Gasteiger partial charge on any atom is 0.344 e. The Hall–Kier alpha value is -2.90. The lowest BCUT2D eigenvalue weighted by molar-refractivity contribution is -0.144. The molecule has 0 spiro atoms. The van der Waals surface area contributed by atoms with Crippen molar-refractivity contribution in [2.45, 2.75) is 38.5 Å². The number of benzene rings is 1. The molecular formula is C16H16N2O6. The van der Waals surface area contributed by atoms with Crippen LogP contribution in [0.15, 0.2) is 18.2 Å². The standard InChI is InChI=1S/C16H16N2O6/c1-8(16(22)23)24-12-4-2-3-9-10(12)7-18(15(9)21)11-5-6-13(19)17-14(11)20/h2-4,8,11H,5-7H2,1H3,(H,22,23)(H,17,19,20). The predicted molar refractivity (Wildman–Crippen MR) is 80.2 cm³/mol. The number of amides is 3. The van der Waals surface area contributed by atoms with Crippen LogP contribution in [0, 0.1) is 0 Å². The monoisotopic (exact) mass is 332 g/mol. The number of ether oxygens (including phenoxy) is 1. The van der Waals surface area contributed by atoms with Gasteiger partial charge < -0.3 is 14.7 Å². The first-order valence-corrected chi connectivity index (χ1v) is 7.54. The quantitative estimate of drug-likeness (QED) is 0.767. The van der Waals surface area contributed by atoms with Gasteiger partial charge in [0.2, 0.25) is 11.8 Å². The summed E-state index contributed by atoms with van der Waals surface area (Å²) in [6.45, 7) is 1.54. The summed E-state index contributed by atoms with van der Waals surface area (Å²) in [5, 5.41) is 11.2. The van der Waals surface area contributed by atoms with Crippen molar-refractivity contribution < 1.29 is 29.0 Å². The van der Waals surface area contributed by atoms with E-state index in [4.69, 9.17) is 9.84 Å². The summed E-state index contributed by atoms with van der Waals surface area (Å²) < 4.78 is 5.41. The van der Waals surface area contributed by atoms with Crippen LogP contribution in [0.5, 0.6) is 5.75 Å². The molecule has 8 heteroatoms. The summed E-state index contributed by atoms with van der Waals surface area (Å²) in [7, 11) is 0. The van der Waals surface area contributed by atoms with Crippen LogP contribution in [-0.4, -0.2) is 45.8 Å². The molecule has 2 unspecified atom stereocenters. The maximum atomic E-state index is 12.6. The summed E-state index contributed by atoms with van der Waals surface area (Å²) >= 11 is 0. The van der Waals surface area contributed by atoms with Gasteiger partial charge in [-0.15, -0.1) is 0 Å². The van der Waals surface area contributed by atoms with Crippen molar-refractivity contribution in [2.75, 3.05) is 0 Å². The third-order valence-corrected chi connectivity index (χ3v) is 4.19. The van der Waals surface area contributed by atoms with Gasteiger partial charge in [-0.3, -0.25) is 19.7 Å². The van der Waals surface area contributed by atoms with Crippen molar-refractivity contribution in [3.8, 4) is 5.75 Å². The highest BCUT2D eigenvalue weighted by molar-refractivity contribution is 6.05. The molecule has 2 aliphatic rings. The van der Waals surface area contributed by atoms with Crippen LogP contribution >= 0.6 is 0 Å². The minimum Gasteiger partial charge on any atom is -0.479 e. The topological polar surface area (TPSA) is 113 Å². The van der Waals surface area contributed by atoms with E-state index >= 15 is 0 Å². The maximum absolute atomic E-state index is 12.6. The number of aliphatic carboxylic acids is 1. The first-order chi connectivity index (χ1) is 11.4. The number of nitrogens with one attached hydrogen (secondary N) is 1. The van der Waals surface area contributed by atoms with Crippen LogP contribution in [0.1, 0.15) is 35.7 Å². The Morgan fingerprint density at radius 3 is 2.79 bits per heavy atom. The highest BCUT2D eigenvalue weighted by Crippen LogP contribution is 2.33. The number of hydrogen-bond donors (Lipinski definition) is 2. The van der Waals surface area contributed by atoms with Crippen LogP contribution < -0.4 is 10.1 Å². The van der Waals surface area contributed by atoms with Gasteiger partial charge in [-0.2, -0.15) is 0 Å². The molecule has 3 amide bonds. The Morgan fingerprint density at radius 2 is 2.12 bits per heavy atom. The number of imide groups is 1. The van der Waals surface area contributed by atoms with Crippen LogP contribution in [0.2, 0.25) is 0 Å². The first-order valence-electron chi connectivity index (χ1n) is 7.54. The minimum absolute atomic E-state index is 0.142. The molecule has 0 radical (unpaired) electrons. The lowest BCUT2D eigenvalue weighted by atomic mass is 10.0. The molecule has 2 aliphatic heterocycles. The fraction of sp³-hybridized carbons (Fsp3) is 0.375. The number of nitrogens with zero attached hydrogens (tertiary/aromatic N) is 1. The van der Waals surface area contributed by atoms with E-state index in [2.05, 4.69) is 5.32 Å². The Labute approximate surface area is 137 Å². The summed E-state index contributed by atoms with van der Waals surface area (Å²) in [6.07, 6.45) is -0.613. The Morgan fingerprint density at radius 1 is 1.38 bits per heavy atom. The molecule has 1 aromatic carbocycles. The Bertz CT molecular complexity index is 744. The fourth-order valence-corrected chi connectivity index (χ4v) is 2.91. The number of carboxylic acids is 1. The molecule has 8 nitrogen and oxygen atoms in total. The molecular weight excluding hydrogens is 316 g/mol. The summed E-state index contributed by atoms with van der Waals surface area (Å²) in [5.74, 6) is -1.97. The third kappa shape index (κ3) is 2.70. The largest absolute Gasteiger partial charge is 0.479 e. The predicted octanol–water partition coefficient (Wildman–Crippen LogP) is 0.299. The van der Waals surface area contributed by atoms with Crippen LogP contribution in [0.4, 0.5) is 0 Å². The van der Waals surface area contributed by atoms with Gasteiger partial charge in [0, 0.05) is 17.5 Å². The zero-order valence-electron chi connectivity index (χ0n) is 12.9. The second-order valence-electron chi connectivity index (χ2n) is 5.78. The van der Waals surface area contributed by atoms with E-state index in [0.717, 1.165) is 0 Å². The average molecular weight is 332 g/mol. The van der Waals surface area contributed by atoms with Gasteiger partial charge in [-0.1, -0.05) is 6.07 Å². The van der Waals surface area contributed by atoms with Gasteiger partial charge >= 0.3 is 5.97 Å². The first kappa shape index (κ1) is 16.0. The second kappa shape index (κ2) is 5.95. The number of rotatable bonds is 4. The molecule has 0 aromatic heterocycles. The van der Waals surface area contributed by atoms with E-state index in [1.54, 1.807) is 18.2 Å². The second-order valence-corrected chi connectivity index (χ2v) is 5.78. The summed E-state index contributed by atoms with van der Waals surface area (Å²) in [4.78, 5) is 48.2. The minimum atomic E-state index is -1.11. The smallest absolute Gasteiger partial charge is 0.344 e. The van der Waals surface area contributed by atoms with E-state index in [-0.39, 0.29) is 31.2 Å². The van der Waals surface area contributed by atoms with Gasteiger partial charge in [0.05, 0.1) is 6.54 Å². The molecule has 2 N–H and O–H groups in total. The van der Waals surface area contributed by atoms with E-state index in [1.807, 2.05) is 0 Å². The molecule has 0 bridgehead atoms. The van der Waals surface area contributed by atoms with Crippen molar-refractivity contribution in [1.29, 1.82) is 0 Å². The third-order valence-electron chi connectivity index (χ3n) is 4.19. The molecule has 1 fully saturated rings. The molecule has 24 heavy (non-hydrogen) atoms. The van der Waals surface area contributed by atoms with Gasteiger partial charge in [0.25, 0.3) is 5.91 Å². The highest BCUT2D eigenvalue weighted by atomic mass is 16.5. The number of fused-ring (bicyclic) bond motifs is 1. The molecule has 0 saturated carbocycles. The van der Waals surface area contributed by atoms with Crippen LogP contribution in [-0.2, 0) is 20.9 Å². The number of carbonyl (C=O) groups excluding carboxylic acids is 3. The van der Waals surface area contributed by atoms with E-state index in [9.17, 15) is 19.2 Å². The lowest BCUT2D eigenvalue weighted by Gasteiger charge is -2.29. The molecule has 2 heterocycles. The zero-order valence-corrected chi connectivity index (χ0v) is 12.9. The number of hydrogen-bond acceptors (Lipinski definition) is 5. The molecule has 1 saturated heterocycles. The SMILES string of the molecule is CC(Oc1cccc2c1CN(C1CCC(=O)NC1=O)C2=O)C(=O)O.